The molecule has 4 rings (SSSR count). The topological polar surface area (TPSA) is 57.5 Å². The van der Waals surface area contributed by atoms with E-state index in [-0.39, 0.29) is 11.0 Å². The minimum atomic E-state index is -1.05. The first kappa shape index (κ1) is 11.3. The first-order chi connectivity index (χ1) is 8.00. The summed E-state index contributed by atoms with van der Waals surface area (Å²) >= 11 is 0. The van der Waals surface area contributed by atoms with E-state index in [1.807, 2.05) is 0 Å². The van der Waals surface area contributed by atoms with Crippen molar-refractivity contribution in [3.05, 3.63) is 12.2 Å². The first-order valence-electron chi connectivity index (χ1n) is 6.60. The fourth-order valence-corrected chi connectivity index (χ4v) is 5.00. The SMILES string of the molecule is C=C(C(=O)O)C(O)C12CC3CC(CC(C3)C1)C2. The van der Waals surface area contributed by atoms with Crippen LogP contribution in [0.15, 0.2) is 12.2 Å². The molecule has 0 aromatic heterocycles. The number of aliphatic hydroxyl groups is 1. The number of hydrogen-bond donors (Lipinski definition) is 2. The van der Waals surface area contributed by atoms with Gasteiger partial charge in [-0.15, -0.1) is 0 Å². The third kappa shape index (κ3) is 1.63. The van der Waals surface area contributed by atoms with E-state index >= 15 is 0 Å². The number of aliphatic hydroxyl groups excluding tert-OH is 1. The molecule has 3 heteroatoms. The molecule has 0 aromatic rings. The summed E-state index contributed by atoms with van der Waals surface area (Å²) in [7, 11) is 0. The fourth-order valence-electron chi connectivity index (χ4n) is 5.00. The fraction of sp³-hybridized carbons (Fsp3) is 0.786. The van der Waals surface area contributed by atoms with Crippen LogP contribution in [0, 0.1) is 23.2 Å². The highest BCUT2D eigenvalue weighted by molar-refractivity contribution is 5.87. The molecule has 4 saturated carbocycles. The molecule has 1 atom stereocenters. The van der Waals surface area contributed by atoms with Crippen LogP contribution >= 0.6 is 0 Å². The molecule has 0 heterocycles. The van der Waals surface area contributed by atoms with Gasteiger partial charge in [-0.05, 0) is 56.3 Å². The van der Waals surface area contributed by atoms with Gasteiger partial charge < -0.3 is 10.2 Å². The lowest BCUT2D eigenvalue weighted by molar-refractivity contribution is -0.140. The van der Waals surface area contributed by atoms with Crippen LogP contribution < -0.4 is 0 Å². The van der Waals surface area contributed by atoms with Crippen molar-refractivity contribution < 1.29 is 15.0 Å². The highest BCUT2D eigenvalue weighted by Crippen LogP contribution is 2.61. The summed E-state index contributed by atoms with van der Waals surface area (Å²) in [5, 5.41) is 19.4. The second-order valence-electron chi connectivity index (χ2n) is 6.51. The third-order valence-corrected chi connectivity index (χ3v) is 5.27. The molecule has 94 valence electrons. The normalized spacial score (nSPS) is 44.6. The van der Waals surface area contributed by atoms with Crippen LogP contribution in [-0.4, -0.2) is 22.3 Å². The van der Waals surface area contributed by atoms with Gasteiger partial charge in [0, 0.05) is 5.41 Å². The molecule has 2 N–H and O–H groups in total. The molecule has 0 saturated heterocycles. The van der Waals surface area contributed by atoms with E-state index in [9.17, 15) is 9.90 Å². The Hall–Kier alpha value is -0.830. The zero-order valence-corrected chi connectivity index (χ0v) is 10.1. The lowest BCUT2D eigenvalue weighted by Gasteiger charge is -2.58. The van der Waals surface area contributed by atoms with E-state index in [4.69, 9.17) is 5.11 Å². The monoisotopic (exact) mass is 236 g/mol. The average molecular weight is 236 g/mol. The zero-order valence-electron chi connectivity index (χ0n) is 10.1. The van der Waals surface area contributed by atoms with Gasteiger partial charge in [0.05, 0.1) is 11.7 Å². The molecule has 4 bridgehead atoms. The van der Waals surface area contributed by atoms with Crippen molar-refractivity contribution in [1.29, 1.82) is 0 Å². The maximum absolute atomic E-state index is 11.0. The summed E-state index contributed by atoms with van der Waals surface area (Å²) in [6, 6.07) is 0. The Morgan fingerprint density at radius 2 is 1.53 bits per heavy atom. The minimum Gasteiger partial charge on any atom is -0.478 e. The number of carbonyl (C=O) groups is 1. The van der Waals surface area contributed by atoms with Crippen molar-refractivity contribution in [2.75, 3.05) is 0 Å². The van der Waals surface area contributed by atoms with E-state index in [1.54, 1.807) is 0 Å². The summed E-state index contributed by atoms with van der Waals surface area (Å²) in [5.41, 5.74) is -0.170. The number of rotatable bonds is 3. The van der Waals surface area contributed by atoms with E-state index in [1.165, 1.54) is 19.3 Å². The summed E-state index contributed by atoms with van der Waals surface area (Å²) < 4.78 is 0. The van der Waals surface area contributed by atoms with Crippen LogP contribution in [0.2, 0.25) is 0 Å². The molecule has 17 heavy (non-hydrogen) atoms. The van der Waals surface area contributed by atoms with E-state index in [0.29, 0.717) is 0 Å². The first-order valence-corrected chi connectivity index (χ1v) is 6.60. The Morgan fingerprint density at radius 3 is 1.88 bits per heavy atom. The van der Waals surface area contributed by atoms with Crippen molar-refractivity contribution >= 4 is 5.97 Å². The van der Waals surface area contributed by atoms with Crippen molar-refractivity contribution in [3.63, 3.8) is 0 Å². The van der Waals surface area contributed by atoms with Crippen molar-refractivity contribution in [1.82, 2.24) is 0 Å². The molecule has 4 aliphatic rings. The second kappa shape index (κ2) is 3.58. The molecule has 4 fully saturated rings. The van der Waals surface area contributed by atoms with Gasteiger partial charge in [0.2, 0.25) is 0 Å². The largest absolute Gasteiger partial charge is 0.478 e. The van der Waals surface area contributed by atoms with Gasteiger partial charge in [0.25, 0.3) is 0 Å². The molecule has 4 aliphatic carbocycles. The average Bonchev–Trinajstić information content (AvgIpc) is 2.25. The quantitative estimate of drug-likeness (QED) is 0.739. The number of aliphatic carboxylic acids is 1. The maximum Gasteiger partial charge on any atom is 0.333 e. The lowest BCUT2D eigenvalue weighted by atomic mass is 9.47. The van der Waals surface area contributed by atoms with Crippen LogP contribution in [0.3, 0.4) is 0 Å². The summed E-state index contributed by atoms with van der Waals surface area (Å²) in [5.74, 6) is 1.11. The van der Waals surface area contributed by atoms with Gasteiger partial charge in [0.15, 0.2) is 0 Å². The predicted molar refractivity (Wildman–Crippen MR) is 63.4 cm³/mol. The van der Waals surface area contributed by atoms with Crippen molar-refractivity contribution in [2.45, 2.75) is 44.6 Å². The number of carboxylic acids is 1. The van der Waals surface area contributed by atoms with E-state index < -0.39 is 12.1 Å². The molecule has 3 nitrogen and oxygen atoms in total. The molecule has 0 radical (unpaired) electrons. The Kier molecular flexibility index (Phi) is 2.37. The van der Waals surface area contributed by atoms with Gasteiger partial charge in [-0.25, -0.2) is 4.79 Å². The van der Waals surface area contributed by atoms with Crippen molar-refractivity contribution in [3.8, 4) is 0 Å². The standard InChI is InChI=1S/C14H20O3/c1-8(13(16)17)12(15)14-5-9-2-10(6-14)4-11(3-9)7-14/h9-12,15H,1-7H2,(H,16,17). The molecular weight excluding hydrogens is 216 g/mol. The zero-order chi connectivity index (χ0) is 12.2. The molecule has 0 aliphatic heterocycles. The highest BCUT2D eigenvalue weighted by atomic mass is 16.4. The maximum atomic E-state index is 11.0. The smallest absolute Gasteiger partial charge is 0.333 e. The van der Waals surface area contributed by atoms with E-state index in [0.717, 1.165) is 37.0 Å². The van der Waals surface area contributed by atoms with Crippen LogP contribution in [0.1, 0.15) is 38.5 Å². The van der Waals surface area contributed by atoms with Crippen LogP contribution in [0.25, 0.3) is 0 Å². The Bertz CT molecular complexity index is 336. The van der Waals surface area contributed by atoms with Crippen molar-refractivity contribution in [2.24, 2.45) is 23.2 Å². The van der Waals surface area contributed by atoms with Gasteiger partial charge in [-0.3, -0.25) is 0 Å². The number of carboxylic acid groups (broad SMARTS) is 1. The third-order valence-electron chi connectivity index (χ3n) is 5.27. The predicted octanol–water partition coefficient (Wildman–Crippen LogP) is 2.20. The summed E-state index contributed by atoms with van der Waals surface area (Å²) in [6.45, 7) is 3.56. The summed E-state index contributed by atoms with van der Waals surface area (Å²) in [4.78, 5) is 11.0. The molecule has 1 unspecified atom stereocenters. The highest BCUT2D eigenvalue weighted by Gasteiger charge is 2.54. The van der Waals surface area contributed by atoms with Crippen LogP contribution in [0.5, 0.6) is 0 Å². The Balaban J connectivity index is 1.86. The summed E-state index contributed by atoms with van der Waals surface area (Å²) in [6.07, 6.45) is 6.07. The van der Waals surface area contributed by atoms with Gasteiger partial charge in [-0.1, -0.05) is 6.58 Å². The molecular formula is C14H20O3. The lowest BCUT2D eigenvalue weighted by Crippen LogP contribution is -2.52. The second-order valence-corrected chi connectivity index (χ2v) is 6.51. The van der Waals surface area contributed by atoms with Gasteiger partial charge in [-0.2, -0.15) is 0 Å². The molecule has 0 aromatic carbocycles. The molecule has 0 amide bonds. The van der Waals surface area contributed by atoms with E-state index in [2.05, 4.69) is 6.58 Å². The van der Waals surface area contributed by atoms with Gasteiger partial charge in [0.1, 0.15) is 0 Å². The Labute approximate surface area is 102 Å². The van der Waals surface area contributed by atoms with Gasteiger partial charge >= 0.3 is 5.97 Å². The number of hydrogen-bond acceptors (Lipinski definition) is 2. The molecule has 0 spiro atoms. The Morgan fingerprint density at radius 1 is 1.12 bits per heavy atom. The van der Waals surface area contributed by atoms with Crippen LogP contribution in [0.4, 0.5) is 0 Å². The minimum absolute atomic E-state index is 0.00745. The van der Waals surface area contributed by atoms with Crippen LogP contribution in [-0.2, 0) is 4.79 Å².